The van der Waals surface area contributed by atoms with Crippen LogP contribution < -0.4 is 0 Å². The van der Waals surface area contributed by atoms with Gasteiger partial charge < -0.3 is 0 Å². The first-order valence-electron chi connectivity index (χ1n) is 6.07. The summed E-state index contributed by atoms with van der Waals surface area (Å²) in [7, 11) is -3.87. The summed E-state index contributed by atoms with van der Waals surface area (Å²) in [6.45, 7) is 0. The van der Waals surface area contributed by atoms with E-state index in [0.717, 1.165) is 12.3 Å². The minimum Gasteiger partial charge on any atom is -0.287 e. The third-order valence-corrected chi connectivity index (χ3v) is 5.72. The molecule has 0 aromatic carbocycles. The Hall–Kier alpha value is -0.0700. The fourth-order valence-electron chi connectivity index (χ4n) is 3.05. The minimum atomic E-state index is -3.87. The largest absolute Gasteiger partial charge is 0.287 e. The Balaban J connectivity index is 1.68. The van der Waals surface area contributed by atoms with E-state index in [1.54, 1.807) is 0 Å². The van der Waals surface area contributed by atoms with Crippen LogP contribution in [-0.4, -0.2) is 29.6 Å². The molecule has 6 heteroatoms. The molecule has 2 rings (SSSR count). The molecule has 2 saturated carbocycles. The highest BCUT2D eigenvalue weighted by Gasteiger charge is 2.42. The number of carbonyl (C=O) groups excluding carboxylic acids is 1. The molecule has 3 atom stereocenters. The number of rotatable bonds is 5. The lowest BCUT2D eigenvalue weighted by molar-refractivity contribution is -0.115. The number of thioether (sulfide) groups is 1. The first-order chi connectivity index (χ1) is 7.96. The van der Waals surface area contributed by atoms with Crippen molar-refractivity contribution in [2.45, 2.75) is 32.1 Å². The topological polar surface area (TPSA) is 71.4 Å². The van der Waals surface area contributed by atoms with Crippen LogP contribution in [0, 0.1) is 17.8 Å². The summed E-state index contributed by atoms with van der Waals surface area (Å²) in [4.78, 5) is 11.9. The Morgan fingerprint density at radius 1 is 1.29 bits per heavy atom. The summed E-state index contributed by atoms with van der Waals surface area (Å²) in [6.07, 6.45) is 5.06. The molecule has 0 aromatic rings. The van der Waals surface area contributed by atoms with Gasteiger partial charge in [0.1, 0.15) is 0 Å². The highest BCUT2D eigenvalue weighted by Crippen LogP contribution is 2.49. The van der Waals surface area contributed by atoms with Gasteiger partial charge in [0.15, 0.2) is 5.12 Å². The summed E-state index contributed by atoms with van der Waals surface area (Å²) in [5.41, 5.74) is 0. The molecular formula is C11H18O4S2. The normalized spacial score (nSPS) is 31.9. The smallest absolute Gasteiger partial charge is 0.264 e. The Labute approximate surface area is 106 Å². The van der Waals surface area contributed by atoms with E-state index in [-0.39, 0.29) is 16.8 Å². The molecule has 2 aliphatic rings. The third-order valence-electron chi connectivity index (χ3n) is 3.83. The van der Waals surface area contributed by atoms with Crippen molar-refractivity contribution >= 4 is 27.0 Å². The maximum absolute atomic E-state index is 11.9. The Morgan fingerprint density at radius 3 is 2.59 bits per heavy atom. The Kier molecular flexibility index (Phi) is 4.15. The number of hydrogen-bond donors (Lipinski definition) is 1. The number of fused-ring (bicyclic) bond motifs is 2. The van der Waals surface area contributed by atoms with E-state index in [1.807, 2.05) is 0 Å². The van der Waals surface area contributed by atoms with Crippen molar-refractivity contribution < 1.29 is 17.8 Å². The highest BCUT2D eigenvalue weighted by atomic mass is 32.2. The van der Waals surface area contributed by atoms with Crippen molar-refractivity contribution in [3.8, 4) is 0 Å². The molecule has 0 radical (unpaired) electrons. The van der Waals surface area contributed by atoms with E-state index in [1.165, 1.54) is 31.0 Å². The molecule has 4 nitrogen and oxygen atoms in total. The van der Waals surface area contributed by atoms with E-state index in [4.69, 9.17) is 4.55 Å². The van der Waals surface area contributed by atoms with Crippen molar-refractivity contribution in [3.05, 3.63) is 0 Å². The maximum Gasteiger partial charge on any atom is 0.264 e. The Morgan fingerprint density at radius 2 is 2.06 bits per heavy atom. The van der Waals surface area contributed by atoms with Gasteiger partial charge in [-0.3, -0.25) is 9.35 Å². The molecule has 0 amide bonds. The van der Waals surface area contributed by atoms with Crippen LogP contribution in [0.1, 0.15) is 32.1 Å². The van der Waals surface area contributed by atoms with Crippen LogP contribution in [0.5, 0.6) is 0 Å². The molecule has 0 spiro atoms. The van der Waals surface area contributed by atoms with Gasteiger partial charge in [0.05, 0.1) is 5.75 Å². The van der Waals surface area contributed by atoms with Crippen molar-refractivity contribution in [1.29, 1.82) is 0 Å². The van der Waals surface area contributed by atoms with Gasteiger partial charge in [-0.05, 0) is 37.5 Å². The predicted octanol–water partition coefficient (Wildman–Crippen LogP) is 1.96. The van der Waals surface area contributed by atoms with Crippen molar-refractivity contribution in [2.75, 3.05) is 11.5 Å². The number of hydrogen-bond acceptors (Lipinski definition) is 4. The van der Waals surface area contributed by atoms with Gasteiger partial charge in [-0.25, -0.2) is 0 Å². The molecule has 2 aliphatic carbocycles. The van der Waals surface area contributed by atoms with Crippen molar-refractivity contribution in [2.24, 2.45) is 17.8 Å². The average molecular weight is 278 g/mol. The van der Waals surface area contributed by atoms with Crippen LogP contribution >= 0.6 is 11.8 Å². The van der Waals surface area contributed by atoms with Gasteiger partial charge in [-0.2, -0.15) is 8.42 Å². The van der Waals surface area contributed by atoms with E-state index < -0.39 is 10.1 Å². The third kappa shape index (κ3) is 3.69. The van der Waals surface area contributed by atoms with Gasteiger partial charge in [0.25, 0.3) is 10.1 Å². The highest BCUT2D eigenvalue weighted by molar-refractivity contribution is 8.13. The fourth-order valence-corrected chi connectivity index (χ4v) is 4.74. The molecule has 1 N–H and O–H groups in total. The Bertz CT molecular complexity index is 390. The molecule has 2 fully saturated rings. The SMILES string of the molecule is O=C(SCCCS(=O)(=O)O)C1CC2CCC1C2. The summed E-state index contributed by atoms with van der Waals surface area (Å²) in [5.74, 6) is 1.80. The van der Waals surface area contributed by atoms with E-state index in [0.29, 0.717) is 18.1 Å². The molecular weight excluding hydrogens is 260 g/mol. The van der Waals surface area contributed by atoms with Gasteiger partial charge in [0.2, 0.25) is 0 Å². The van der Waals surface area contributed by atoms with Gasteiger partial charge >= 0.3 is 0 Å². The summed E-state index contributed by atoms with van der Waals surface area (Å²) >= 11 is 1.24. The summed E-state index contributed by atoms with van der Waals surface area (Å²) in [6, 6.07) is 0. The second kappa shape index (κ2) is 5.28. The second-order valence-electron chi connectivity index (χ2n) is 5.09. The molecule has 17 heavy (non-hydrogen) atoms. The lowest BCUT2D eigenvalue weighted by Gasteiger charge is -2.19. The zero-order chi connectivity index (χ0) is 12.5. The maximum atomic E-state index is 11.9. The van der Waals surface area contributed by atoms with E-state index in [2.05, 4.69) is 0 Å². The molecule has 2 bridgehead atoms. The van der Waals surface area contributed by atoms with Gasteiger partial charge in [0, 0.05) is 11.7 Å². The fraction of sp³-hybridized carbons (Fsp3) is 0.909. The zero-order valence-electron chi connectivity index (χ0n) is 9.67. The second-order valence-corrected chi connectivity index (χ2v) is 7.76. The lowest BCUT2D eigenvalue weighted by Crippen LogP contribution is -2.18. The van der Waals surface area contributed by atoms with Crippen LogP contribution in [0.15, 0.2) is 0 Å². The summed E-state index contributed by atoms with van der Waals surface area (Å²) < 4.78 is 29.6. The monoisotopic (exact) mass is 278 g/mol. The van der Waals surface area contributed by atoms with Crippen molar-refractivity contribution in [1.82, 2.24) is 0 Å². The zero-order valence-corrected chi connectivity index (χ0v) is 11.3. The van der Waals surface area contributed by atoms with Gasteiger partial charge in [-0.15, -0.1) is 0 Å². The van der Waals surface area contributed by atoms with Crippen LogP contribution in [0.25, 0.3) is 0 Å². The first kappa shape index (κ1) is 13.4. The van der Waals surface area contributed by atoms with Crippen LogP contribution in [0.2, 0.25) is 0 Å². The van der Waals surface area contributed by atoms with Crippen LogP contribution in [0.3, 0.4) is 0 Å². The average Bonchev–Trinajstić information content (AvgIpc) is 2.84. The van der Waals surface area contributed by atoms with Crippen LogP contribution in [-0.2, 0) is 14.9 Å². The molecule has 0 aliphatic heterocycles. The van der Waals surface area contributed by atoms with Crippen molar-refractivity contribution in [3.63, 3.8) is 0 Å². The molecule has 0 heterocycles. The minimum absolute atomic E-state index is 0.212. The summed E-state index contributed by atoms with van der Waals surface area (Å²) in [5, 5.41) is 0.229. The molecule has 0 aromatic heterocycles. The quantitative estimate of drug-likeness (QED) is 0.615. The standard InChI is InChI=1S/C11H18O4S2/c12-11(16-4-1-5-17(13,14)15)10-7-8-2-3-9(10)6-8/h8-10H,1-7H2,(H,13,14,15). The lowest BCUT2D eigenvalue weighted by atomic mass is 9.90. The van der Waals surface area contributed by atoms with E-state index >= 15 is 0 Å². The molecule has 3 unspecified atom stereocenters. The molecule has 0 saturated heterocycles. The molecule has 98 valence electrons. The predicted molar refractivity (Wildman–Crippen MR) is 67.4 cm³/mol. The number of carbonyl (C=O) groups is 1. The van der Waals surface area contributed by atoms with Gasteiger partial charge in [-0.1, -0.05) is 18.2 Å². The first-order valence-corrected chi connectivity index (χ1v) is 8.67. The van der Waals surface area contributed by atoms with E-state index in [9.17, 15) is 13.2 Å². The van der Waals surface area contributed by atoms with Crippen LogP contribution in [0.4, 0.5) is 0 Å².